The largest absolute Gasteiger partial charge is 0.364 e. The Hall–Kier alpha value is -2.17. The molecule has 0 radical (unpaired) electrons. The van der Waals surface area contributed by atoms with E-state index in [1.807, 2.05) is 0 Å². The summed E-state index contributed by atoms with van der Waals surface area (Å²) in [5, 5.41) is 6.55. The van der Waals surface area contributed by atoms with E-state index in [4.69, 9.17) is 5.73 Å². The van der Waals surface area contributed by atoms with Crippen LogP contribution in [0.1, 0.15) is 10.5 Å². The fourth-order valence-electron chi connectivity index (χ4n) is 1.12. The van der Waals surface area contributed by atoms with E-state index in [1.54, 1.807) is 30.5 Å². The number of nitrogens with one attached hydrogen (secondary N) is 1. The summed E-state index contributed by atoms with van der Waals surface area (Å²) >= 11 is 0. The second-order valence-corrected chi connectivity index (χ2v) is 2.74. The molecule has 3 N–H and O–H groups in total. The second kappa shape index (κ2) is 3.29. The van der Waals surface area contributed by atoms with Crippen molar-refractivity contribution in [3.63, 3.8) is 0 Å². The molecule has 0 aliphatic rings. The van der Waals surface area contributed by atoms with Crippen LogP contribution in [-0.2, 0) is 0 Å². The van der Waals surface area contributed by atoms with Gasteiger partial charge in [-0.1, -0.05) is 6.07 Å². The Morgan fingerprint density at radius 3 is 2.86 bits per heavy atom. The average Bonchev–Trinajstić information content (AvgIpc) is 2.71. The molecule has 5 nitrogen and oxygen atoms in total. The predicted octanol–water partition coefficient (Wildman–Crippen LogP) is 0.571. The molecule has 5 heteroatoms. The van der Waals surface area contributed by atoms with Gasteiger partial charge in [0.05, 0.1) is 11.4 Å². The fraction of sp³-hybridized carbons (Fsp3) is 0. The van der Waals surface area contributed by atoms with Crippen LogP contribution in [0.3, 0.4) is 0 Å². The van der Waals surface area contributed by atoms with Gasteiger partial charge in [-0.2, -0.15) is 5.10 Å². The number of aromatic amines is 1. The van der Waals surface area contributed by atoms with Gasteiger partial charge in [0.1, 0.15) is 5.69 Å². The van der Waals surface area contributed by atoms with Gasteiger partial charge in [-0.25, -0.2) is 4.98 Å². The van der Waals surface area contributed by atoms with Gasteiger partial charge < -0.3 is 5.73 Å². The number of pyridine rings is 1. The monoisotopic (exact) mass is 188 g/mol. The number of carbonyl (C=O) groups excluding carboxylic acids is 1. The minimum absolute atomic E-state index is 0.247. The summed E-state index contributed by atoms with van der Waals surface area (Å²) in [5.41, 5.74) is 6.77. The van der Waals surface area contributed by atoms with Crippen LogP contribution in [0.2, 0.25) is 0 Å². The average molecular weight is 188 g/mol. The third kappa shape index (κ3) is 1.47. The number of carbonyl (C=O) groups is 1. The molecule has 2 aromatic heterocycles. The number of amides is 1. The van der Waals surface area contributed by atoms with Gasteiger partial charge >= 0.3 is 0 Å². The van der Waals surface area contributed by atoms with Crippen molar-refractivity contribution >= 4 is 5.91 Å². The molecule has 0 bridgehead atoms. The molecule has 0 saturated carbocycles. The van der Waals surface area contributed by atoms with Crippen molar-refractivity contribution in [2.24, 2.45) is 5.73 Å². The van der Waals surface area contributed by atoms with E-state index in [0.717, 1.165) is 5.69 Å². The highest BCUT2D eigenvalue weighted by Gasteiger charge is 2.05. The lowest BCUT2D eigenvalue weighted by atomic mass is 10.2. The highest BCUT2D eigenvalue weighted by atomic mass is 16.1. The topological polar surface area (TPSA) is 84.7 Å². The van der Waals surface area contributed by atoms with Gasteiger partial charge in [0, 0.05) is 6.20 Å². The van der Waals surface area contributed by atoms with E-state index < -0.39 is 5.91 Å². The quantitative estimate of drug-likeness (QED) is 0.722. The summed E-state index contributed by atoms with van der Waals surface area (Å²) in [6.45, 7) is 0. The summed E-state index contributed by atoms with van der Waals surface area (Å²) in [5.74, 6) is -0.536. The molecule has 2 heterocycles. The Kier molecular flexibility index (Phi) is 1.98. The summed E-state index contributed by atoms with van der Waals surface area (Å²) in [7, 11) is 0. The molecule has 0 aliphatic carbocycles. The van der Waals surface area contributed by atoms with E-state index in [0.29, 0.717) is 5.69 Å². The minimum atomic E-state index is -0.536. The molecular weight excluding hydrogens is 180 g/mol. The van der Waals surface area contributed by atoms with Crippen LogP contribution in [0, 0.1) is 0 Å². The number of primary amides is 1. The Balaban J connectivity index is 2.46. The van der Waals surface area contributed by atoms with Crippen LogP contribution < -0.4 is 5.73 Å². The molecule has 2 aromatic rings. The standard InChI is InChI=1S/C9H8N4O/c10-9(14)8-3-1-2-6(12-8)7-4-5-11-13-7/h1-5H,(H2,10,14)(H,11,13). The molecule has 0 fully saturated rings. The Bertz CT molecular complexity index is 450. The van der Waals surface area contributed by atoms with Crippen molar-refractivity contribution in [1.82, 2.24) is 15.2 Å². The van der Waals surface area contributed by atoms with E-state index in [2.05, 4.69) is 15.2 Å². The van der Waals surface area contributed by atoms with Crippen molar-refractivity contribution < 1.29 is 4.79 Å². The first-order valence-corrected chi connectivity index (χ1v) is 4.04. The van der Waals surface area contributed by atoms with Crippen LogP contribution in [0.5, 0.6) is 0 Å². The predicted molar refractivity (Wildman–Crippen MR) is 50.3 cm³/mol. The maximum Gasteiger partial charge on any atom is 0.267 e. The maximum absolute atomic E-state index is 10.9. The summed E-state index contributed by atoms with van der Waals surface area (Å²) in [6, 6.07) is 6.85. The zero-order valence-electron chi connectivity index (χ0n) is 7.27. The number of nitrogens with two attached hydrogens (primary N) is 1. The molecular formula is C9H8N4O. The van der Waals surface area contributed by atoms with Crippen molar-refractivity contribution in [3.8, 4) is 11.4 Å². The highest BCUT2D eigenvalue weighted by Crippen LogP contribution is 2.12. The van der Waals surface area contributed by atoms with E-state index in [9.17, 15) is 4.79 Å². The molecule has 0 aromatic carbocycles. The first-order chi connectivity index (χ1) is 6.77. The van der Waals surface area contributed by atoms with Crippen LogP contribution >= 0.6 is 0 Å². The molecule has 14 heavy (non-hydrogen) atoms. The van der Waals surface area contributed by atoms with Gasteiger partial charge in [-0.3, -0.25) is 9.89 Å². The van der Waals surface area contributed by atoms with Crippen LogP contribution in [0.25, 0.3) is 11.4 Å². The van der Waals surface area contributed by atoms with Crippen molar-refractivity contribution in [3.05, 3.63) is 36.2 Å². The molecule has 70 valence electrons. The summed E-state index contributed by atoms with van der Waals surface area (Å²) in [6.07, 6.45) is 1.62. The normalized spacial score (nSPS) is 10.0. The first-order valence-electron chi connectivity index (χ1n) is 4.04. The summed E-state index contributed by atoms with van der Waals surface area (Å²) < 4.78 is 0. The molecule has 2 rings (SSSR count). The lowest BCUT2D eigenvalue weighted by molar-refractivity contribution is 0.0995. The van der Waals surface area contributed by atoms with E-state index >= 15 is 0 Å². The molecule has 0 aliphatic heterocycles. The Morgan fingerprint density at radius 1 is 1.36 bits per heavy atom. The maximum atomic E-state index is 10.9. The Labute approximate surface area is 80.0 Å². The minimum Gasteiger partial charge on any atom is -0.364 e. The zero-order valence-corrected chi connectivity index (χ0v) is 7.27. The molecule has 1 amide bonds. The van der Waals surface area contributed by atoms with Gasteiger partial charge in [0.15, 0.2) is 0 Å². The number of H-pyrrole nitrogens is 1. The lowest BCUT2D eigenvalue weighted by Gasteiger charge is -1.98. The molecule has 0 saturated heterocycles. The van der Waals surface area contributed by atoms with Gasteiger partial charge in [-0.15, -0.1) is 0 Å². The number of rotatable bonds is 2. The number of hydrogen-bond acceptors (Lipinski definition) is 3. The Morgan fingerprint density at radius 2 is 2.21 bits per heavy atom. The molecule has 0 unspecified atom stereocenters. The first kappa shape index (κ1) is 8.43. The van der Waals surface area contributed by atoms with Crippen LogP contribution in [0.15, 0.2) is 30.5 Å². The number of aromatic nitrogens is 3. The summed E-state index contributed by atoms with van der Waals surface area (Å²) in [4.78, 5) is 14.9. The van der Waals surface area contributed by atoms with Crippen molar-refractivity contribution in [2.45, 2.75) is 0 Å². The number of hydrogen-bond donors (Lipinski definition) is 2. The van der Waals surface area contributed by atoms with Gasteiger partial charge in [0.25, 0.3) is 5.91 Å². The number of nitrogens with zero attached hydrogens (tertiary/aromatic N) is 2. The highest BCUT2D eigenvalue weighted by molar-refractivity contribution is 5.91. The molecule has 0 spiro atoms. The van der Waals surface area contributed by atoms with Crippen LogP contribution in [0.4, 0.5) is 0 Å². The smallest absolute Gasteiger partial charge is 0.267 e. The van der Waals surface area contributed by atoms with E-state index in [-0.39, 0.29) is 5.69 Å². The SMILES string of the molecule is NC(=O)c1cccc(-c2ccn[nH]2)n1. The van der Waals surface area contributed by atoms with Crippen LogP contribution in [-0.4, -0.2) is 21.1 Å². The van der Waals surface area contributed by atoms with Gasteiger partial charge in [-0.05, 0) is 18.2 Å². The second-order valence-electron chi connectivity index (χ2n) is 2.74. The van der Waals surface area contributed by atoms with E-state index in [1.165, 1.54) is 0 Å². The molecule has 0 atom stereocenters. The van der Waals surface area contributed by atoms with Gasteiger partial charge in [0.2, 0.25) is 0 Å². The van der Waals surface area contributed by atoms with Crippen molar-refractivity contribution in [2.75, 3.05) is 0 Å². The third-order valence-electron chi connectivity index (χ3n) is 1.78. The zero-order chi connectivity index (χ0) is 9.97. The fourth-order valence-corrected chi connectivity index (χ4v) is 1.12. The lowest BCUT2D eigenvalue weighted by Crippen LogP contribution is -2.13. The van der Waals surface area contributed by atoms with Crippen molar-refractivity contribution in [1.29, 1.82) is 0 Å². The third-order valence-corrected chi connectivity index (χ3v) is 1.78.